The van der Waals surface area contributed by atoms with Crippen LogP contribution in [0.1, 0.15) is 11.5 Å². The van der Waals surface area contributed by atoms with Crippen LogP contribution in [-0.4, -0.2) is 48.4 Å². The highest BCUT2D eigenvalue weighted by Gasteiger charge is 2.24. The molecule has 0 aliphatic carbocycles. The highest BCUT2D eigenvalue weighted by atomic mass is 19.1. The van der Waals surface area contributed by atoms with Crippen LogP contribution in [0.5, 0.6) is 0 Å². The summed E-state index contributed by atoms with van der Waals surface area (Å²) in [6.45, 7) is 3.68. The first-order valence-electron chi connectivity index (χ1n) is 9.73. The highest BCUT2D eigenvalue weighted by Crippen LogP contribution is 2.20. The maximum Gasteiger partial charge on any atom is 0.236 e. The third-order valence-corrected chi connectivity index (χ3v) is 5.10. The molecule has 152 valence electrons. The molecule has 0 atom stereocenters. The van der Waals surface area contributed by atoms with Crippen molar-refractivity contribution in [2.24, 2.45) is 0 Å². The molecule has 7 heteroatoms. The molecule has 4 rings (SSSR count). The topological polar surface area (TPSA) is 53.1 Å². The normalized spacial score (nSPS) is 14.6. The number of nitrogens with zero attached hydrogens (tertiary/aromatic N) is 3. The van der Waals surface area contributed by atoms with E-state index in [0.29, 0.717) is 45.0 Å². The molecule has 1 amide bonds. The van der Waals surface area contributed by atoms with Gasteiger partial charge in [0.2, 0.25) is 5.91 Å². The Labute approximate surface area is 169 Å². The smallest absolute Gasteiger partial charge is 0.236 e. The van der Waals surface area contributed by atoms with Crippen molar-refractivity contribution in [3.05, 3.63) is 78.4 Å². The second-order valence-corrected chi connectivity index (χ2v) is 7.12. The van der Waals surface area contributed by atoms with Gasteiger partial charge in [0, 0.05) is 26.2 Å². The number of carbonyl (C=O) groups is 1. The molecule has 1 aliphatic rings. The van der Waals surface area contributed by atoms with E-state index in [1.54, 1.807) is 24.7 Å². The van der Waals surface area contributed by atoms with Crippen LogP contribution in [0.3, 0.4) is 0 Å². The molecule has 1 aromatic carbocycles. The lowest BCUT2D eigenvalue weighted by Gasteiger charge is -2.37. The standard InChI is InChI=1S/C22H24FN3O3/c23-20-7-1-2-8-21(20)25-9-11-26(12-10-25)22(27)17-24(15-18-5-3-13-28-18)16-19-6-4-14-29-19/h1-8,13-14H,9-12,15-17H2. The van der Waals surface area contributed by atoms with E-state index < -0.39 is 0 Å². The minimum absolute atomic E-state index is 0.0521. The molecule has 1 aliphatic heterocycles. The predicted molar refractivity (Wildman–Crippen MR) is 107 cm³/mol. The van der Waals surface area contributed by atoms with Crippen LogP contribution in [0.15, 0.2) is 69.9 Å². The Hall–Kier alpha value is -3.06. The molecule has 0 N–H and O–H groups in total. The average molecular weight is 397 g/mol. The number of amides is 1. The maximum absolute atomic E-state index is 14.0. The van der Waals surface area contributed by atoms with Crippen molar-refractivity contribution >= 4 is 11.6 Å². The van der Waals surface area contributed by atoms with Gasteiger partial charge < -0.3 is 18.6 Å². The van der Waals surface area contributed by atoms with Crippen LogP contribution >= 0.6 is 0 Å². The SMILES string of the molecule is O=C(CN(Cc1ccco1)Cc1ccco1)N1CCN(c2ccccc2F)CC1. The van der Waals surface area contributed by atoms with E-state index >= 15 is 0 Å². The molecule has 0 radical (unpaired) electrons. The van der Waals surface area contributed by atoms with Crippen molar-refractivity contribution in [1.82, 2.24) is 9.80 Å². The van der Waals surface area contributed by atoms with Gasteiger partial charge in [0.15, 0.2) is 0 Å². The van der Waals surface area contributed by atoms with Crippen LogP contribution in [0, 0.1) is 5.82 Å². The quantitative estimate of drug-likeness (QED) is 0.612. The van der Waals surface area contributed by atoms with Crippen molar-refractivity contribution < 1.29 is 18.0 Å². The molecule has 0 unspecified atom stereocenters. The van der Waals surface area contributed by atoms with Gasteiger partial charge in [0.1, 0.15) is 17.3 Å². The van der Waals surface area contributed by atoms with Crippen molar-refractivity contribution in [2.75, 3.05) is 37.6 Å². The van der Waals surface area contributed by atoms with Gasteiger partial charge in [-0.15, -0.1) is 0 Å². The number of hydrogen-bond donors (Lipinski definition) is 0. The number of anilines is 1. The zero-order chi connectivity index (χ0) is 20.1. The van der Waals surface area contributed by atoms with E-state index in [4.69, 9.17) is 8.83 Å². The molecule has 0 spiro atoms. The lowest BCUT2D eigenvalue weighted by atomic mass is 10.2. The lowest BCUT2D eigenvalue weighted by Crippen LogP contribution is -2.51. The number of rotatable bonds is 7. The lowest BCUT2D eigenvalue weighted by molar-refractivity contribution is -0.133. The van der Waals surface area contributed by atoms with Gasteiger partial charge >= 0.3 is 0 Å². The van der Waals surface area contributed by atoms with Crippen molar-refractivity contribution in [2.45, 2.75) is 13.1 Å². The third kappa shape index (κ3) is 4.86. The minimum Gasteiger partial charge on any atom is -0.468 e. The second-order valence-electron chi connectivity index (χ2n) is 7.12. The summed E-state index contributed by atoms with van der Waals surface area (Å²) in [7, 11) is 0. The number of benzene rings is 1. The zero-order valence-corrected chi connectivity index (χ0v) is 16.2. The van der Waals surface area contributed by atoms with E-state index in [2.05, 4.69) is 0 Å². The first-order valence-corrected chi connectivity index (χ1v) is 9.73. The molecule has 3 heterocycles. The summed E-state index contributed by atoms with van der Waals surface area (Å²) >= 11 is 0. The summed E-state index contributed by atoms with van der Waals surface area (Å²) in [5, 5.41) is 0. The zero-order valence-electron chi connectivity index (χ0n) is 16.2. The number of furan rings is 2. The molecule has 29 heavy (non-hydrogen) atoms. The minimum atomic E-state index is -0.227. The number of hydrogen-bond acceptors (Lipinski definition) is 5. The van der Waals surface area contributed by atoms with Gasteiger partial charge in [0.05, 0.1) is 37.8 Å². The molecule has 0 saturated carbocycles. The Kier molecular flexibility index (Phi) is 5.95. The highest BCUT2D eigenvalue weighted by molar-refractivity contribution is 5.78. The fourth-order valence-corrected chi connectivity index (χ4v) is 3.61. The molecule has 3 aromatic rings. The summed E-state index contributed by atoms with van der Waals surface area (Å²) in [6, 6.07) is 14.2. The third-order valence-electron chi connectivity index (χ3n) is 5.10. The fourth-order valence-electron chi connectivity index (χ4n) is 3.61. The summed E-state index contributed by atoms with van der Waals surface area (Å²) in [4.78, 5) is 18.7. The molecular formula is C22H24FN3O3. The first kappa shape index (κ1) is 19.3. The number of halogens is 1. The Morgan fingerprint density at radius 2 is 1.52 bits per heavy atom. The van der Waals surface area contributed by atoms with Gasteiger partial charge in [-0.2, -0.15) is 0 Å². The van der Waals surface area contributed by atoms with E-state index in [1.165, 1.54) is 6.07 Å². The van der Waals surface area contributed by atoms with Crippen LogP contribution in [0.25, 0.3) is 0 Å². The number of para-hydroxylation sites is 1. The fraction of sp³-hybridized carbons (Fsp3) is 0.318. The summed E-state index contributed by atoms with van der Waals surface area (Å²) in [5.41, 5.74) is 0.594. The molecule has 6 nitrogen and oxygen atoms in total. The Morgan fingerprint density at radius 1 is 0.897 bits per heavy atom. The summed E-state index contributed by atoms with van der Waals surface area (Å²) in [5.74, 6) is 1.43. The summed E-state index contributed by atoms with van der Waals surface area (Å²) in [6.07, 6.45) is 3.26. The van der Waals surface area contributed by atoms with Gasteiger partial charge in [-0.25, -0.2) is 4.39 Å². The molecule has 0 bridgehead atoms. The predicted octanol–water partition coefficient (Wildman–Crippen LogP) is 3.36. The van der Waals surface area contributed by atoms with E-state index in [-0.39, 0.29) is 18.3 Å². The van der Waals surface area contributed by atoms with Crippen LogP contribution in [-0.2, 0) is 17.9 Å². The maximum atomic E-state index is 14.0. The van der Waals surface area contributed by atoms with Gasteiger partial charge in [-0.05, 0) is 36.4 Å². The molecule has 1 fully saturated rings. The number of carbonyl (C=O) groups excluding carboxylic acids is 1. The van der Waals surface area contributed by atoms with Gasteiger partial charge in [-0.1, -0.05) is 12.1 Å². The van der Waals surface area contributed by atoms with Crippen LogP contribution in [0.2, 0.25) is 0 Å². The number of piperazine rings is 1. The van der Waals surface area contributed by atoms with Crippen molar-refractivity contribution in [3.63, 3.8) is 0 Å². The van der Waals surface area contributed by atoms with Crippen molar-refractivity contribution in [3.8, 4) is 0 Å². The Bertz CT molecular complexity index is 867. The molecular weight excluding hydrogens is 373 g/mol. The first-order chi connectivity index (χ1) is 14.2. The second kappa shape index (κ2) is 8.96. The monoisotopic (exact) mass is 397 g/mol. The van der Waals surface area contributed by atoms with Crippen LogP contribution < -0.4 is 4.90 Å². The molecule has 2 aromatic heterocycles. The molecule has 1 saturated heterocycles. The van der Waals surface area contributed by atoms with E-state index in [9.17, 15) is 9.18 Å². The van der Waals surface area contributed by atoms with Crippen molar-refractivity contribution in [1.29, 1.82) is 0 Å². The average Bonchev–Trinajstić information content (AvgIpc) is 3.43. The summed E-state index contributed by atoms with van der Waals surface area (Å²) < 4.78 is 24.9. The Balaban J connectivity index is 1.35. The van der Waals surface area contributed by atoms with E-state index in [0.717, 1.165) is 11.5 Å². The van der Waals surface area contributed by atoms with Gasteiger partial charge in [-0.3, -0.25) is 9.69 Å². The van der Waals surface area contributed by atoms with Gasteiger partial charge in [0.25, 0.3) is 0 Å². The Morgan fingerprint density at radius 3 is 2.07 bits per heavy atom. The van der Waals surface area contributed by atoms with Crippen LogP contribution in [0.4, 0.5) is 10.1 Å². The van der Waals surface area contributed by atoms with E-state index in [1.807, 2.05) is 45.0 Å². The largest absolute Gasteiger partial charge is 0.468 e.